The first-order valence-electron chi connectivity index (χ1n) is 11.1. The van der Waals surface area contributed by atoms with Crippen LogP contribution in [-0.4, -0.2) is 38.8 Å². The minimum Gasteiger partial charge on any atom is -0.493 e. The largest absolute Gasteiger partial charge is 0.493 e. The van der Waals surface area contributed by atoms with E-state index in [4.69, 9.17) is 18.6 Å². The van der Waals surface area contributed by atoms with E-state index in [-0.39, 0.29) is 5.63 Å². The monoisotopic (exact) mass is 437 g/mol. The number of ether oxygens (including phenoxy) is 3. The number of hydrogen-bond donors (Lipinski definition) is 0. The summed E-state index contributed by atoms with van der Waals surface area (Å²) in [6.45, 7) is 7.38. The standard InChI is InChI=1S/C26H31NO5/c1-17-18(2)26(28)32-23-15-21(7-8-22(17)23)31-12-6-5-10-27-11-9-19-13-24(29-3)25(30-4)14-20(19)16-27/h7-8,13-15H,5-6,9-12,16H2,1-4H3. The molecule has 0 amide bonds. The Balaban J connectivity index is 1.27. The van der Waals surface area contributed by atoms with Crippen molar-refractivity contribution in [3.8, 4) is 17.2 Å². The van der Waals surface area contributed by atoms with Crippen LogP contribution in [0.3, 0.4) is 0 Å². The van der Waals surface area contributed by atoms with Crippen molar-refractivity contribution in [2.75, 3.05) is 33.9 Å². The average molecular weight is 438 g/mol. The Morgan fingerprint density at radius 3 is 2.47 bits per heavy atom. The lowest BCUT2D eigenvalue weighted by molar-refractivity contribution is 0.234. The Bertz CT molecular complexity index is 1170. The number of methoxy groups -OCH3 is 2. The third-order valence-electron chi connectivity index (χ3n) is 6.36. The summed E-state index contributed by atoms with van der Waals surface area (Å²) in [6.07, 6.45) is 3.04. The highest BCUT2D eigenvalue weighted by Gasteiger charge is 2.19. The molecule has 2 aromatic carbocycles. The van der Waals surface area contributed by atoms with Gasteiger partial charge < -0.3 is 18.6 Å². The average Bonchev–Trinajstić information content (AvgIpc) is 2.81. The van der Waals surface area contributed by atoms with E-state index in [2.05, 4.69) is 17.0 Å². The van der Waals surface area contributed by atoms with Crippen molar-refractivity contribution >= 4 is 11.0 Å². The normalized spacial score (nSPS) is 13.8. The number of unbranched alkanes of at least 4 members (excludes halogenated alkanes) is 1. The summed E-state index contributed by atoms with van der Waals surface area (Å²) in [6, 6.07) is 9.92. The van der Waals surface area contributed by atoms with E-state index >= 15 is 0 Å². The molecule has 32 heavy (non-hydrogen) atoms. The van der Waals surface area contributed by atoms with Gasteiger partial charge in [0.15, 0.2) is 11.5 Å². The van der Waals surface area contributed by atoms with Crippen LogP contribution in [0.15, 0.2) is 39.5 Å². The zero-order valence-corrected chi connectivity index (χ0v) is 19.3. The fraction of sp³-hybridized carbons (Fsp3) is 0.423. The van der Waals surface area contributed by atoms with Crippen molar-refractivity contribution < 1.29 is 18.6 Å². The van der Waals surface area contributed by atoms with Gasteiger partial charge in [-0.2, -0.15) is 0 Å². The van der Waals surface area contributed by atoms with Crippen molar-refractivity contribution in [1.82, 2.24) is 4.90 Å². The number of hydrogen-bond acceptors (Lipinski definition) is 6. The second kappa shape index (κ2) is 9.65. The predicted molar refractivity (Wildman–Crippen MR) is 125 cm³/mol. The van der Waals surface area contributed by atoms with Gasteiger partial charge in [0.05, 0.1) is 20.8 Å². The number of aryl methyl sites for hydroxylation is 1. The number of nitrogens with zero attached hydrogens (tertiary/aromatic N) is 1. The van der Waals surface area contributed by atoms with Crippen molar-refractivity contribution in [2.24, 2.45) is 0 Å². The minimum atomic E-state index is -0.286. The molecule has 0 bridgehead atoms. The molecule has 1 aliphatic heterocycles. The maximum atomic E-state index is 11.9. The van der Waals surface area contributed by atoms with Crippen molar-refractivity contribution in [2.45, 2.75) is 39.7 Å². The molecule has 0 aliphatic carbocycles. The fourth-order valence-corrected chi connectivity index (χ4v) is 4.28. The summed E-state index contributed by atoms with van der Waals surface area (Å²) >= 11 is 0. The molecule has 0 spiro atoms. The van der Waals surface area contributed by atoms with Crippen molar-refractivity contribution in [3.05, 3.63) is 63.0 Å². The number of benzene rings is 2. The van der Waals surface area contributed by atoms with Crippen LogP contribution < -0.4 is 19.8 Å². The van der Waals surface area contributed by atoms with Gasteiger partial charge in [-0.15, -0.1) is 0 Å². The van der Waals surface area contributed by atoms with E-state index in [1.165, 1.54) is 11.1 Å². The van der Waals surface area contributed by atoms with Crippen LogP contribution in [0, 0.1) is 13.8 Å². The fourth-order valence-electron chi connectivity index (χ4n) is 4.28. The third kappa shape index (κ3) is 4.60. The summed E-state index contributed by atoms with van der Waals surface area (Å²) in [4.78, 5) is 14.4. The van der Waals surface area contributed by atoms with Gasteiger partial charge in [0.25, 0.3) is 0 Å². The Morgan fingerprint density at radius 2 is 1.72 bits per heavy atom. The second-order valence-electron chi connectivity index (χ2n) is 8.36. The molecule has 1 aromatic heterocycles. The smallest absolute Gasteiger partial charge is 0.339 e. The van der Waals surface area contributed by atoms with E-state index < -0.39 is 0 Å². The lowest BCUT2D eigenvalue weighted by atomic mass is 9.98. The quantitative estimate of drug-likeness (QED) is 0.378. The topological polar surface area (TPSA) is 61.1 Å². The van der Waals surface area contributed by atoms with Gasteiger partial charge in [-0.1, -0.05) is 0 Å². The molecule has 0 saturated carbocycles. The molecule has 6 heteroatoms. The Hall–Kier alpha value is -2.99. The second-order valence-corrected chi connectivity index (χ2v) is 8.36. The lowest BCUT2D eigenvalue weighted by Crippen LogP contribution is -2.31. The van der Waals surface area contributed by atoms with E-state index in [0.29, 0.717) is 17.8 Å². The van der Waals surface area contributed by atoms with E-state index in [1.54, 1.807) is 21.1 Å². The summed E-state index contributed by atoms with van der Waals surface area (Å²) in [5.41, 5.74) is 4.57. The van der Waals surface area contributed by atoms with Gasteiger partial charge in [-0.25, -0.2) is 4.79 Å². The van der Waals surface area contributed by atoms with Crippen LogP contribution in [0.25, 0.3) is 11.0 Å². The van der Waals surface area contributed by atoms with E-state index in [0.717, 1.165) is 67.1 Å². The number of rotatable bonds is 8. The molecular weight excluding hydrogens is 406 g/mol. The van der Waals surface area contributed by atoms with E-state index in [9.17, 15) is 4.79 Å². The predicted octanol–water partition coefficient (Wildman–Crippen LogP) is 4.64. The molecule has 0 unspecified atom stereocenters. The highest BCUT2D eigenvalue weighted by Crippen LogP contribution is 2.33. The summed E-state index contributed by atoms with van der Waals surface area (Å²) in [5.74, 6) is 2.32. The van der Waals surface area contributed by atoms with E-state index in [1.807, 2.05) is 25.1 Å². The van der Waals surface area contributed by atoms with Crippen LogP contribution in [0.2, 0.25) is 0 Å². The van der Waals surface area contributed by atoms with Crippen LogP contribution in [0.1, 0.15) is 35.1 Å². The summed E-state index contributed by atoms with van der Waals surface area (Å²) < 4.78 is 22.2. The Morgan fingerprint density at radius 1 is 0.969 bits per heavy atom. The van der Waals surface area contributed by atoms with Gasteiger partial charge in [0.1, 0.15) is 11.3 Å². The maximum Gasteiger partial charge on any atom is 0.339 e. The lowest BCUT2D eigenvalue weighted by Gasteiger charge is -2.29. The highest BCUT2D eigenvalue weighted by atomic mass is 16.5. The van der Waals surface area contributed by atoms with Gasteiger partial charge in [-0.3, -0.25) is 4.90 Å². The van der Waals surface area contributed by atoms with Gasteiger partial charge >= 0.3 is 5.63 Å². The molecule has 170 valence electrons. The van der Waals surface area contributed by atoms with Crippen LogP contribution in [-0.2, 0) is 13.0 Å². The molecule has 0 radical (unpaired) electrons. The maximum absolute atomic E-state index is 11.9. The van der Waals surface area contributed by atoms with Crippen LogP contribution >= 0.6 is 0 Å². The van der Waals surface area contributed by atoms with Gasteiger partial charge in [-0.05, 0) is 80.6 Å². The molecule has 2 heterocycles. The van der Waals surface area contributed by atoms with Gasteiger partial charge in [0.2, 0.25) is 0 Å². The molecule has 0 fully saturated rings. The van der Waals surface area contributed by atoms with Crippen LogP contribution in [0.4, 0.5) is 0 Å². The zero-order valence-electron chi connectivity index (χ0n) is 19.3. The summed E-state index contributed by atoms with van der Waals surface area (Å²) in [5, 5.41) is 0.953. The van der Waals surface area contributed by atoms with Crippen LogP contribution in [0.5, 0.6) is 17.2 Å². The molecular formula is C26H31NO5. The number of fused-ring (bicyclic) bond motifs is 2. The van der Waals surface area contributed by atoms with Gasteiger partial charge in [0, 0.05) is 30.1 Å². The SMILES string of the molecule is COc1cc2c(cc1OC)CN(CCCCOc1ccc3c(C)c(C)c(=O)oc3c1)CC2. The molecule has 3 aromatic rings. The zero-order chi connectivity index (χ0) is 22.7. The first kappa shape index (κ1) is 22.2. The minimum absolute atomic E-state index is 0.286. The molecule has 0 atom stereocenters. The molecule has 0 N–H and O–H groups in total. The molecule has 4 rings (SSSR count). The third-order valence-corrected chi connectivity index (χ3v) is 6.36. The Labute approximate surface area is 188 Å². The molecule has 6 nitrogen and oxygen atoms in total. The molecule has 0 saturated heterocycles. The first-order valence-corrected chi connectivity index (χ1v) is 11.1. The van der Waals surface area contributed by atoms with Crippen molar-refractivity contribution in [3.63, 3.8) is 0 Å². The first-order chi connectivity index (χ1) is 15.5. The Kier molecular flexibility index (Phi) is 6.70. The molecule has 1 aliphatic rings. The van der Waals surface area contributed by atoms with Crippen molar-refractivity contribution in [1.29, 1.82) is 0 Å². The highest BCUT2D eigenvalue weighted by molar-refractivity contribution is 5.82. The summed E-state index contributed by atoms with van der Waals surface area (Å²) in [7, 11) is 3.35.